The summed E-state index contributed by atoms with van der Waals surface area (Å²) in [7, 11) is 0. The Bertz CT molecular complexity index is 901. The van der Waals surface area contributed by atoms with Crippen LogP contribution < -0.4 is 9.47 Å². The van der Waals surface area contributed by atoms with Crippen LogP contribution in [0.5, 0.6) is 11.5 Å². The Labute approximate surface area is 137 Å². The molecule has 0 saturated carbocycles. The first-order valence-electron chi connectivity index (χ1n) is 7.45. The van der Waals surface area contributed by atoms with E-state index < -0.39 is 5.97 Å². The van der Waals surface area contributed by atoms with Gasteiger partial charge in [-0.3, -0.25) is 0 Å². The standard InChI is InChI=1S/C18H14N2O4/c21-18(22)6-5-11-1-3-12(4-2-11)7-17-19-13-8-15-16(24-10-23-15)9-14(13)20-17/h1-6,8-9H,7,10H2,(H,19,20)(H,21,22)/b6-5+. The lowest BCUT2D eigenvalue weighted by Gasteiger charge is -1.99. The lowest BCUT2D eigenvalue weighted by Crippen LogP contribution is -1.93. The minimum atomic E-state index is -0.957. The molecule has 2 N–H and O–H groups in total. The van der Waals surface area contributed by atoms with Crippen molar-refractivity contribution in [3.8, 4) is 11.5 Å². The summed E-state index contributed by atoms with van der Waals surface area (Å²) in [6.07, 6.45) is 3.34. The number of aromatic amines is 1. The molecule has 1 aliphatic rings. The second kappa shape index (κ2) is 5.73. The zero-order valence-electron chi connectivity index (χ0n) is 12.7. The number of carbonyl (C=O) groups is 1. The van der Waals surface area contributed by atoms with Crippen molar-refractivity contribution in [2.24, 2.45) is 0 Å². The van der Waals surface area contributed by atoms with Gasteiger partial charge in [-0.25, -0.2) is 9.78 Å². The molecule has 0 spiro atoms. The van der Waals surface area contributed by atoms with Crippen LogP contribution in [0.1, 0.15) is 17.0 Å². The molecule has 2 aromatic carbocycles. The highest BCUT2D eigenvalue weighted by molar-refractivity contribution is 5.85. The summed E-state index contributed by atoms with van der Waals surface area (Å²) in [6, 6.07) is 11.5. The number of ether oxygens (including phenoxy) is 2. The van der Waals surface area contributed by atoms with E-state index in [0.29, 0.717) is 6.42 Å². The topological polar surface area (TPSA) is 84.4 Å². The Hall–Kier alpha value is -3.28. The van der Waals surface area contributed by atoms with Crippen molar-refractivity contribution in [1.82, 2.24) is 9.97 Å². The average Bonchev–Trinajstić information content (AvgIpc) is 3.16. The highest BCUT2D eigenvalue weighted by atomic mass is 16.7. The minimum absolute atomic E-state index is 0.247. The number of aromatic nitrogens is 2. The van der Waals surface area contributed by atoms with Crippen molar-refractivity contribution >= 4 is 23.1 Å². The van der Waals surface area contributed by atoms with E-state index in [1.807, 2.05) is 36.4 Å². The number of rotatable bonds is 4. The van der Waals surface area contributed by atoms with Gasteiger partial charge in [0.1, 0.15) is 5.82 Å². The lowest BCUT2D eigenvalue weighted by molar-refractivity contribution is -0.131. The SMILES string of the molecule is O=C(O)/C=C/c1ccc(Cc2nc3cc4c(cc3[nH]2)OCO4)cc1. The third kappa shape index (κ3) is 2.81. The summed E-state index contributed by atoms with van der Waals surface area (Å²) >= 11 is 0. The molecule has 0 atom stereocenters. The van der Waals surface area contributed by atoms with Crippen LogP contribution >= 0.6 is 0 Å². The van der Waals surface area contributed by atoms with Gasteiger partial charge in [-0.05, 0) is 17.2 Å². The molecule has 1 aromatic heterocycles. The number of nitrogens with one attached hydrogen (secondary N) is 1. The summed E-state index contributed by atoms with van der Waals surface area (Å²) in [5.41, 5.74) is 3.68. The number of nitrogens with zero attached hydrogens (tertiary/aromatic N) is 1. The summed E-state index contributed by atoms with van der Waals surface area (Å²) in [5, 5.41) is 8.64. The molecule has 2 heterocycles. The molecule has 120 valence electrons. The van der Waals surface area contributed by atoms with Crippen LogP contribution in [-0.4, -0.2) is 27.8 Å². The number of carboxylic acids is 1. The summed E-state index contributed by atoms with van der Waals surface area (Å²) in [4.78, 5) is 18.4. The Kier molecular flexibility index (Phi) is 3.42. The van der Waals surface area contributed by atoms with Gasteiger partial charge in [0.15, 0.2) is 11.5 Å². The van der Waals surface area contributed by atoms with Crippen LogP contribution in [0.3, 0.4) is 0 Å². The number of hydrogen-bond acceptors (Lipinski definition) is 4. The van der Waals surface area contributed by atoms with Crippen LogP contribution in [-0.2, 0) is 11.2 Å². The van der Waals surface area contributed by atoms with Gasteiger partial charge in [0.25, 0.3) is 0 Å². The Morgan fingerprint density at radius 3 is 2.71 bits per heavy atom. The molecule has 1 aliphatic heterocycles. The first-order valence-corrected chi connectivity index (χ1v) is 7.45. The van der Waals surface area contributed by atoms with Crippen LogP contribution in [0, 0.1) is 0 Å². The van der Waals surface area contributed by atoms with E-state index in [1.165, 1.54) is 0 Å². The van der Waals surface area contributed by atoms with E-state index in [2.05, 4.69) is 9.97 Å². The second-order valence-electron chi connectivity index (χ2n) is 5.50. The van der Waals surface area contributed by atoms with Crippen LogP contribution in [0.2, 0.25) is 0 Å². The highest BCUT2D eigenvalue weighted by Gasteiger charge is 2.16. The third-order valence-electron chi connectivity index (χ3n) is 3.79. The molecule has 6 heteroatoms. The summed E-state index contributed by atoms with van der Waals surface area (Å²) < 4.78 is 10.7. The van der Waals surface area contributed by atoms with E-state index >= 15 is 0 Å². The Morgan fingerprint density at radius 2 is 1.96 bits per heavy atom. The van der Waals surface area contributed by atoms with Crippen molar-refractivity contribution in [3.05, 3.63) is 59.4 Å². The molecule has 0 saturated heterocycles. The maximum absolute atomic E-state index is 10.5. The molecule has 3 aromatic rings. The zero-order valence-corrected chi connectivity index (χ0v) is 12.7. The van der Waals surface area contributed by atoms with E-state index in [9.17, 15) is 4.79 Å². The predicted molar refractivity (Wildman–Crippen MR) is 88.1 cm³/mol. The zero-order chi connectivity index (χ0) is 16.5. The van der Waals surface area contributed by atoms with Crippen molar-refractivity contribution in [2.45, 2.75) is 6.42 Å². The van der Waals surface area contributed by atoms with Crippen LogP contribution in [0.4, 0.5) is 0 Å². The maximum Gasteiger partial charge on any atom is 0.328 e. The molecule has 0 bridgehead atoms. The molecule has 4 rings (SSSR count). The van der Waals surface area contributed by atoms with Crippen LogP contribution in [0.25, 0.3) is 17.1 Å². The van der Waals surface area contributed by atoms with Gasteiger partial charge >= 0.3 is 5.97 Å². The van der Waals surface area contributed by atoms with E-state index in [-0.39, 0.29) is 6.79 Å². The van der Waals surface area contributed by atoms with E-state index in [0.717, 1.165) is 45.6 Å². The van der Waals surface area contributed by atoms with Gasteiger partial charge in [0.05, 0.1) is 11.0 Å². The summed E-state index contributed by atoms with van der Waals surface area (Å²) in [5.74, 6) is 1.34. The highest BCUT2D eigenvalue weighted by Crippen LogP contribution is 2.35. The van der Waals surface area contributed by atoms with E-state index in [4.69, 9.17) is 14.6 Å². The average molecular weight is 322 g/mol. The molecule has 0 fully saturated rings. The van der Waals surface area contributed by atoms with Gasteiger partial charge in [-0.15, -0.1) is 0 Å². The molecule has 0 aliphatic carbocycles. The number of fused-ring (bicyclic) bond motifs is 2. The first kappa shape index (κ1) is 14.3. The fraction of sp³-hybridized carbons (Fsp3) is 0.111. The second-order valence-corrected chi connectivity index (χ2v) is 5.50. The molecule has 0 radical (unpaired) electrons. The Balaban J connectivity index is 1.54. The fourth-order valence-electron chi connectivity index (χ4n) is 2.64. The fourth-order valence-corrected chi connectivity index (χ4v) is 2.64. The van der Waals surface area contributed by atoms with Gasteiger partial charge in [0, 0.05) is 24.6 Å². The number of imidazole rings is 1. The number of H-pyrrole nitrogens is 1. The minimum Gasteiger partial charge on any atom is -0.478 e. The van der Waals surface area contributed by atoms with E-state index in [1.54, 1.807) is 6.08 Å². The smallest absolute Gasteiger partial charge is 0.328 e. The van der Waals surface area contributed by atoms with Crippen molar-refractivity contribution in [3.63, 3.8) is 0 Å². The third-order valence-corrected chi connectivity index (χ3v) is 3.79. The predicted octanol–water partition coefficient (Wildman–Crippen LogP) is 2.98. The Morgan fingerprint density at radius 1 is 1.21 bits per heavy atom. The number of benzene rings is 2. The molecule has 0 amide bonds. The number of carboxylic acid groups (broad SMARTS) is 1. The monoisotopic (exact) mass is 322 g/mol. The molecule has 6 nitrogen and oxygen atoms in total. The molecular formula is C18H14N2O4. The lowest BCUT2D eigenvalue weighted by atomic mass is 10.1. The van der Waals surface area contributed by atoms with Crippen molar-refractivity contribution in [2.75, 3.05) is 6.79 Å². The molecular weight excluding hydrogens is 308 g/mol. The largest absolute Gasteiger partial charge is 0.478 e. The normalized spacial score (nSPS) is 13.0. The molecule has 24 heavy (non-hydrogen) atoms. The summed E-state index contributed by atoms with van der Waals surface area (Å²) in [6.45, 7) is 0.247. The number of hydrogen-bond donors (Lipinski definition) is 2. The van der Waals surface area contributed by atoms with Gasteiger partial charge in [-0.1, -0.05) is 24.3 Å². The van der Waals surface area contributed by atoms with Crippen molar-refractivity contribution in [1.29, 1.82) is 0 Å². The van der Waals surface area contributed by atoms with Crippen LogP contribution in [0.15, 0.2) is 42.5 Å². The quantitative estimate of drug-likeness (QED) is 0.721. The maximum atomic E-state index is 10.5. The van der Waals surface area contributed by atoms with Gasteiger partial charge in [0.2, 0.25) is 6.79 Å². The number of aliphatic carboxylic acids is 1. The van der Waals surface area contributed by atoms with Gasteiger partial charge in [-0.2, -0.15) is 0 Å². The first-order chi connectivity index (χ1) is 11.7. The van der Waals surface area contributed by atoms with Gasteiger partial charge < -0.3 is 19.6 Å². The molecule has 0 unspecified atom stereocenters. The van der Waals surface area contributed by atoms with Crippen molar-refractivity contribution < 1.29 is 19.4 Å².